The zero-order valence-electron chi connectivity index (χ0n) is 20.9. The largest absolute Gasteiger partial charge is 0.394 e. The summed E-state index contributed by atoms with van der Waals surface area (Å²) >= 11 is 0. The van der Waals surface area contributed by atoms with Gasteiger partial charge in [-0.05, 0) is 12.3 Å². The van der Waals surface area contributed by atoms with Crippen LogP contribution in [0.4, 0.5) is 0 Å². The molecule has 35 heavy (non-hydrogen) atoms. The Morgan fingerprint density at radius 3 is 1.91 bits per heavy atom. The van der Waals surface area contributed by atoms with E-state index in [9.17, 15) is 35.7 Å². The molecule has 0 radical (unpaired) electrons. The Bertz CT molecular complexity index is 564. The van der Waals surface area contributed by atoms with E-state index < -0.39 is 74.6 Å². The number of unbranched alkanes of at least 4 members (excludes halogenated alkanes) is 4. The van der Waals surface area contributed by atoms with E-state index in [0.29, 0.717) is 12.5 Å². The van der Waals surface area contributed by atoms with Crippen molar-refractivity contribution >= 4 is 0 Å². The first-order chi connectivity index (χ1) is 16.7. The Morgan fingerprint density at radius 1 is 0.686 bits per heavy atom. The summed E-state index contributed by atoms with van der Waals surface area (Å²) in [6, 6.07) is 0. The van der Waals surface area contributed by atoms with Crippen LogP contribution in [0.1, 0.15) is 65.2 Å². The van der Waals surface area contributed by atoms with Crippen LogP contribution < -0.4 is 0 Å². The second kappa shape index (κ2) is 15.7. The smallest absolute Gasteiger partial charge is 0.187 e. The molecule has 0 aromatic carbocycles. The van der Waals surface area contributed by atoms with Gasteiger partial charge in [0.1, 0.15) is 48.8 Å². The second-order valence-electron chi connectivity index (χ2n) is 9.83. The fourth-order valence-corrected chi connectivity index (χ4v) is 4.55. The predicted molar refractivity (Wildman–Crippen MR) is 124 cm³/mol. The molecule has 208 valence electrons. The van der Waals surface area contributed by atoms with Gasteiger partial charge in [-0.2, -0.15) is 0 Å². The fraction of sp³-hybridized carbons (Fsp3) is 1.00. The van der Waals surface area contributed by atoms with E-state index in [0.717, 1.165) is 25.7 Å². The first kappa shape index (κ1) is 30.8. The highest BCUT2D eigenvalue weighted by Crippen LogP contribution is 2.29. The van der Waals surface area contributed by atoms with Crippen molar-refractivity contribution in [3.8, 4) is 0 Å². The quantitative estimate of drug-likeness (QED) is 0.140. The zero-order chi connectivity index (χ0) is 26.0. The van der Waals surface area contributed by atoms with Gasteiger partial charge in [-0.1, -0.05) is 58.8 Å². The van der Waals surface area contributed by atoms with Crippen molar-refractivity contribution in [2.24, 2.45) is 5.92 Å². The van der Waals surface area contributed by atoms with E-state index in [4.69, 9.17) is 18.9 Å². The molecule has 0 aliphatic carbocycles. The van der Waals surface area contributed by atoms with Gasteiger partial charge in [0.05, 0.1) is 13.2 Å². The van der Waals surface area contributed by atoms with Crippen LogP contribution in [-0.2, 0) is 18.9 Å². The maximum absolute atomic E-state index is 10.6. The molecule has 0 spiro atoms. The lowest BCUT2D eigenvalue weighted by atomic mass is 9.97. The second-order valence-corrected chi connectivity index (χ2v) is 9.83. The monoisotopic (exact) mass is 510 g/mol. The van der Waals surface area contributed by atoms with E-state index in [1.807, 2.05) is 0 Å². The molecule has 0 aromatic rings. The minimum absolute atomic E-state index is 0.315. The van der Waals surface area contributed by atoms with E-state index in [1.165, 1.54) is 25.7 Å². The third-order valence-corrected chi connectivity index (χ3v) is 6.88. The van der Waals surface area contributed by atoms with Gasteiger partial charge >= 0.3 is 0 Å². The molecule has 11 nitrogen and oxygen atoms in total. The SMILES string of the molecule is CCCCCC(C)CCCCCO[C@@H]1OC(CO)[C@@H](O[C@H]2OC(CO)[C@@H](O)C(O)C2O)C(O)C1O. The van der Waals surface area contributed by atoms with Gasteiger partial charge in [0.2, 0.25) is 0 Å². The first-order valence-electron chi connectivity index (χ1n) is 12.9. The Hall–Kier alpha value is -0.440. The van der Waals surface area contributed by atoms with Gasteiger partial charge < -0.3 is 54.7 Å². The van der Waals surface area contributed by atoms with Crippen molar-refractivity contribution < 1.29 is 54.7 Å². The highest BCUT2D eigenvalue weighted by molar-refractivity contribution is 4.94. The van der Waals surface area contributed by atoms with Gasteiger partial charge in [0.25, 0.3) is 0 Å². The van der Waals surface area contributed by atoms with Gasteiger partial charge in [0.15, 0.2) is 12.6 Å². The summed E-state index contributed by atoms with van der Waals surface area (Å²) in [6.45, 7) is 3.56. The average Bonchev–Trinajstić information content (AvgIpc) is 2.85. The van der Waals surface area contributed by atoms with Gasteiger partial charge in [-0.15, -0.1) is 0 Å². The lowest BCUT2D eigenvalue weighted by molar-refractivity contribution is -0.359. The molecule has 2 saturated heterocycles. The summed E-state index contributed by atoms with van der Waals surface area (Å²) in [4.78, 5) is 0. The van der Waals surface area contributed by atoms with Crippen molar-refractivity contribution in [3.05, 3.63) is 0 Å². The van der Waals surface area contributed by atoms with E-state index in [2.05, 4.69) is 13.8 Å². The van der Waals surface area contributed by atoms with Crippen LogP contribution in [0, 0.1) is 5.92 Å². The number of rotatable bonds is 15. The number of aliphatic hydroxyl groups excluding tert-OH is 7. The molecule has 2 rings (SSSR count). The standard InChI is InChI=1S/C24H46O11/c1-3-4-6-9-14(2)10-7-5-8-11-32-23-21(31)19(29)22(16(13-26)34-23)35-24-20(30)18(28)17(27)15(12-25)33-24/h14-31H,3-13H2,1-2H3/t14?,15?,16?,17-,18?,19?,20?,21?,22-,23-,24-/m1/s1. The van der Waals surface area contributed by atoms with E-state index in [-0.39, 0.29) is 0 Å². The van der Waals surface area contributed by atoms with Crippen LogP contribution in [-0.4, -0.2) is 117 Å². The lowest BCUT2D eigenvalue weighted by Gasteiger charge is -2.45. The Labute approximate surface area is 207 Å². The molecule has 0 aromatic heterocycles. The highest BCUT2D eigenvalue weighted by Gasteiger charge is 2.50. The minimum Gasteiger partial charge on any atom is -0.394 e. The zero-order valence-corrected chi connectivity index (χ0v) is 20.9. The number of aliphatic hydroxyl groups is 7. The molecule has 2 aliphatic rings. The predicted octanol–water partition coefficient (Wildman–Crippen LogP) is -0.596. The molecule has 7 N–H and O–H groups in total. The normalized spacial score (nSPS) is 39.0. The van der Waals surface area contributed by atoms with Crippen LogP contribution in [0.15, 0.2) is 0 Å². The summed E-state index contributed by atoms with van der Waals surface area (Å²) in [6.07, 6.45) is -5.34. The van der Waals surface area contributed by atoms with Crippen LogP contribution in [0.3, 0.4) is 0 Å². The van der Waals surface area contributed by atoms with Gasteiger partial charge in [-0.3, -0.25) is 0 Å². The summed E-state index contributed by atoms with van der Waals surface area (Å²) in [7, 11) is 0. The van der Waals surface area contributed by atoms with Crippen molar-refractivity contribution in [2.75, 3.05) is 19.8 Å². The molecule has 11 atom stereocenters. The number of hydrogen-bond donors (Lipinski definition) is 7. The van der Waals surface area contributed by atoms with Gasteiger partial charge in [-0.25, -0.2) is 0 Å². The number of hydrogen-bond acceptors (Lipinski definition) is 11. The topological polar surface area (TPSA) is 179 Å². The third kappa shape index (κ3) is 8.82. The van der Waals surface area contributed by atoms with Gasteiger partial charge in [0, 0.05) is 6.61 Å². The lowest BCUT2D eigenvalue weighted by Crippen LogP contribution is -2.64. The molecule has 11 heteroatoms. The highest BCUT2D eigenvalue weighted by atomic mass is 16.7. The Balaban J connectivity index is 1.79. The molecule has 2 aliphatic heterocycles. The van der Waals surface area contributed by atoms with Crippen molar-refractivity contribution in [1.29, 1.82) is 0 Å². The summed E-state index contributed by atoms with van der Waals surface area (Å²) in [5.41, 5.74) is 0. The summed E-state index contributed by atoms with van der Waals surface area (Å²) in [5.74, 6) is 0.701. The van der Waals surface area contributed by atoms with E-state index in [1.54, 1.807) is 0 Å². The molecule has 0 saturated carbocycles. The molecule has 2 fully saturated rings. The molecule has 0 bridgehead atoms. The fourth-order valence-electron chi connectivity index (χ4n) is 4.55. The van der Waals surface area contributed by atoms with Crippen molar-refractivity contribution in [2.45, 2.75) is 127 Å². The van der Waals surface area contributed by atoms with Crippen LogP contribution in [0.5, 0.6) is 0 Å². The molecular formula is C24H46O11. The molecule has 7 unspecified atom stereocenters. The average molecular weight is 511 g/mol. The molecule has 0 amide bonds. The first-order valence-corrected chi connectivity index (χ1v) is 12.9. The van der Waals surface area contributed by atoms with Crippen molar-refractivity contribution in [3.63, 3.8) is 0 Å². The number of ether oxygens (including phenoxy) is 4. The molecule has 2 heterocycles. The molecular weight excluding hydrogens is 464 g/mol. The van der Waals surface area contributed by atoms with Crippen molar-refractivity contribution in [1.82, 2.24) is 0 Å². The Morgan fingerprint density at radius 2 is 1.29 bits per heavy atom. The third-order valence-electron chi connectivity index (χ3n) is 6.88. The van der Waals surface area contributed by atoms with Crippen LogP contribution in [0.25, 0.3) is 0 Å². The summed E-state index contributed by atoms with van der Waals surface area (Å²) in [5, 5.41) is 70.2. The summed E-state index contributed by atoms with van der Waals surface area (Å²) < 4.78 is 22.1. The Kier molecular flexibility index (Phi) is 13.8. The minimum atomic E-state index is -1.69. The maximum atomic E-state index is 10.6. The maximum Gasteiger partial charge on any atom is 0.187 e. The van der Waals surface area contributed by atoms with E-state index >= 15 is 0 Å². The van der Waals surface area contributed by atoms with Crippen LogP contribution >= 0.6 is 0 Å². The van der Waals surface area contributed by atoms with Crippen LogP contribution in [0.2, 0.25) is 0 Å².